The molecule has 44 heavy (non-hydrogen) atoms. The number of aliphatic hydroxyl groups is 1. The van der Waals surface area contributed by atoms with Crippen molar-refractivity contribution in [3.05, 3.63) is 53.6 Å². The molecule has 7 rings (SSSR count). The monoisotopic (exact) mass is 605 g/mol. The molecule has 7 nitrogen and oxygen atoms in total. The fourth-order valence-corrected chi connectivity index (χ4v) is 7.78. The van der Waals surface area contributed by atoms with Gasteiger partial charge in [0.1, 0.15) is 29.9 Å². The maximum absolute atomic E-state index is 16.8. The normalized spacial score (nSPS) is 25.7. The minimum absolute atomic E-state index is 0.00928. The van der Waals surface area contributed by atoms with Crippen LogP contribution in [0.25, 0.3) is 32.8 Å². The lowest BCUT2D eigenvalue weighted by atomic mass is 9.91. The second-order valence-electron chi connectivity index (χ2n) is 13.1. The summed E-state index contributed by atoms with van der Waals surface area (Å²) in [6.07, 6.45) is 3.08. The minimum Gasteiger partial charge on any atom is -0.461 e. The molecule has 3 fully saturated rings. The summed E-state index contributed by atoms with van der Waals surface area (Å²) in [5.74, 6) is -0.473. The van der Waals surface area contributed by atoms with Gasteiger partial charge in [0.25, 0.3) is 0 Å². The Bertz CT molecular complexity index is 1770. The van der Waals surface area contributed by atoms with Gasteiger partial charge >= 0.3 is 6.01 Å². The molecule has 0 radical (unpaired) electrons. The van der Waals surface area contributed by atoms with Crippen molar-refractivity contribution in [3.63, 3.8) is 0 Å². The van der Waals surface area contributed by atoms with E-state index < -0.39 is 23.1 Å². The number of alkyl halides is 1. The van der Waals surface area contributed by atoms with Gasteiger partial charge in [-0.15, -0.1) is 0 Å². The van der Waals surface area contributed by atoms with Crippen molar-refractivity contribution < 1.29 is 23.0 Å². The number of nitrogens with two attached hydrogens (primary N) is 1. The first kappa shape index (κ1) is 29.1. The average molecular weight is 606 g/mol. The van der Waals surface area contributed by atoms with Crippen LogP contribution in [0, 0.1) is 11.6 Å². The molecule has 0 spiro atoms. The summed E-state index contributed by atoms with van der Waals surface area (Å²) in [6, 6.07) is 9.97. The first-order chi connectivity index (χ1) is 21.1. The fraction of sp³-hybridized carbons (Fsp3) is 0.471. The number of nitrogen functional groups attached to an aromatic ring is 1. The Morgan fingerprint density at radius 1 is 1.07 bits per heavy atom. The minimum atomic E-state index is -0.931. The lowest BCUT2D eigenvalue weighted by Crippen LogP contribution is -2.46. The lowest BCUT2D eigenvalue weighted by Gasteiger charge is -2.38. The predicted octanol–water partition coefficient (Wildman–Crippen LogP) is 6.18. The van der Waals surface area contributed by atoms with Crippen molar-refractivity contribution in [2.45, 2.75) is 69.7 Å². The number of β-amino-alcohol motifs (C(OH)–C–C–N with tert-alkyl or cyclic N) is 1. The zero-order valence-electron chi connectivity index (χ0n) is 25.2. The third-order valence-corrected chi connectivity index (χ3v) is 9.81. The van der Waals surface area contributed by atoms with Gasteiger partial charge in [0.15, 0.2) is 5.82 Å². The predicted molar refractivity (Wildman–Crippen MR) is 167 cm³/mol. The summed E-state index contributed by atoms with van der Waals surface area (Å²) in [7, 11) is 0. The number of anilines is 2. The number of rotatable bonds is 6. The van der Waals surface area contributed by atoms with E-state index in [1.807, 2.05) is 11.8 Å². The number of fused-ring (bicyclic) bond motifs is 3. The van der Waals surface area contributed by atoms with Crippen LogP contribution in [-0.4, -0.2) is 70.1 Å². The molecular formula is C34H38F3N5O2. The van der Waals surface area contributed by atoms with E-state index in [1.54, 1.807) is 37.3 Å². The largest absolute Gasteiger partial charge is 0.461 e. The zero-order valence-corrected chi connectivity index (χ0v) is 25.2. The highest BCUT2D eigenvalue weighted by Gasteiger charge is 2.49. The van der Waals surface area contributed by atoms with Gasteiger partial charge in [0.2, 0.25) is 0 Å². The van der Waals surface area contributed by atoms with E-state index in [2.05, 4.69) is 9.88 Å². The molecule has 3 saturated heterocycles. The molecule has 232 valence electrons. The van der Waals surface area contributed by atoms with Crippen LogP contribution in [0.1, 0.15) is 51.5 Å². The molecule has 0 unspecified atom stereocenters. The van der Waals surface area contributed by atoms with Crippen molar-refractivity contribution in [1.29, 1.82) is 0 Å². The van der Waals surface area contributed by atoms with Crippen molar-refractivity contribution in [2.24, 2.45) is 0 Å². The second-order valence-corrected chi connectivity index (χ2v) is 13.1. The number of benzene rings is 3. The van der Waals surface area contributed by atoms with E-state index in [4.69, 9.17) is 15.5 Å². The van der Waals surface area contributed by atoms with Gasteiger partial charge in [-0.25, -0.2) is 13.2 Å². The Morgan fingerprint density at radius 3 is 2.68 bits per heavy atom. The highest BCUT2D eigenvalue weighted by Crippen LogP contribution is 2.42. The van der Waals surface area contributed by atoms with Crippen LogP contribution < -0.4 is 15.4 Å². The number of ether oxygens (including phenoxy) is 1. The average Bonchev–Trinajstić information content (AvgIpc) is 3.51. The molecular weight excluding hydrogens is 567 g/mol. The summed E-state index contributed by atoms with van der Waals surface area (Å²) in [4.78, 5) is 13.5. The number of aromatic nitrogens is 2. The van der Waals surface area contributed by atoms with E-state index in [9.17, 15) is 13.9 Å². The van der Waals surface area contributed by atoms with Crippen molar-refractivity contribution in [1.82, 2.24) is 14.9 Å². The number of hydrogen-bond acceptors (Lipinski definition) is 7. The summed E-state index contributed by atoms with van der Waals surface area (Å²) in [6.45, 7) is 6.02. The van der Waals surface area contributed by atoms with Crippen LogP contribution in [0.5, 0.6) is 6.01 Å². The van der Waals surface area contributed by atoms with Gasteiger partial charge in [-0.3, -0.25) is 4.90 Å². The molecule has 3 aliphatic rings. The van der Waals surface area contributed by atoms with E-state index in [0.29, 0.717) is 72.3 Å². The topological polar surface area (TPSA) is 87.7 Å². The third-order valence-electron chi connectivity index (χ3n) is 9.81. The molecule has 3 atom stereocenters. The van der Waals surface area contributed by atoms with Gasteiger partial charge in [-0.2, -0.15) is 9.97 Å². The van der Waals surface area contributed by atoms with E-state index in [-0.39, 0.29) is 29.5 Å². The van der Waals surface area contributed by atoms with Gasteiger partial charge in [0.05, 0.1) is 11.1 Å². The molecule has 3 N–H and O–H groups in total. The Kier molecular flexibility index (Phi) is 7.12. The zero-order chi connectivity index (χ0) is 30.8. The van der Waals surface area contributed by atoms with Crippen molar-refractivity contribution >= 4 is 33.2 Å². The summed E-state index contributed by atoms with van der Waals surface area (Å²) >= 11 is 0. The first-order valence-electron chi connectivity index (χ1n) is 15.6. The van der Waals surface area contributed by atoms with Crippen LogP contribution in [0.4, 0.5) is 24.7 Å². The molecule has 4 heterocycles. The summed E-state index contributed by atoms with van der Waals surface area (Å²) < 4.78 is 52.4. The van der Waals surface area contributed by atoms with E-state index in [0.717, 1.165) is 31.2 Å². The molecule has 3 aromatic carbocycles. The van der Waals surface area contributed by atoms with Gasteiger partial charge < -0.3 is 20.5 Å². The Labute approximate surface area is 254 Å². The highest BCUT2D eigenvalue weighted by atomic mass is 19.1. The van der Waals surface area contributed by atoms with Crippen LogP contribution in [0.3, 0.4) is 0 Å². The molecule has 1 aromatic heterocycles. The number of piperidine rings is 1. The smallest absolute Gasteiger partial charge is 0.319 e. The molecule has 4 aromatic rings. The molecule has 10 heteroatoms. The van der Waals surface area contributed by atoms with Gasteiger partial charge in [-0.1, -0.05) is 19.1 Å². The van der Waals surface area contributed by atoms with Gasteiger partial charge in [-0.05, 0) is 91.7 Å². The van der Waals surface area contributed by atoms with Gasteiger partial charge in [0, 0.05) is 42.7 Å². The Balaban J connectivity index is 1.38. The molecule has 0 saturated carbocycles. The maximum Gasteiger partial charge on any atom is 0.319 e. The van der Waals surface area contributed by atoms with Crippen LogP contribution >= 0.6 is 0 Å². The maximum atomic E-state index is 16.8. The first-order valence-corrected chi connectivity index (χ1v) is 15.6. The molecule has 0 bridgehead atoms. The summed E-state index contributed by atoms with van der Waals surface area (Å²) in [5.41, 5.74) is 6.62. The number of nitrogens with zero attached hydrogens (tertiary/aromatic N) is 4. The summed E-state index contributed by atoms with van der Waals surface area (Å²) in [5, 5.41) is 12.7. The number of hydrogen-bond donors (Lipinski definition) is 2. The molecule has 3 aliphatic heterocycles. The lowest BCUT2D eigenvalue weighted by molar-refractivity contribution is 0.0447. The quantitative estimate of drug-likeness (QED) is 0.254. The molecule has 0 amide bonds. The molecule has 0 aliphatic carbocycles. The third kappa shape index (κ3) is 4.92. The fourth-order valence-electron chi connectivity index (χ4n) is 7.78. The van der Waals surface area contributed by atoms with Crippen LogP contribution in [0.15, 0.2) is 36.4 Å². The Hall–Kier alpha value is -3.63. The van der Waals surface area contributed by atoms with E-state index >= 15 is 4.39 Å². The van der Waals surface area contributed by atoms with Crippen LogP contribution in [-0.2, 0) is 6.42 Å². The van der Waals surface area contributed by atoms with Crippen LogP contribution in [0.2, 0.25) is 0 Å². The number of halogens is 3. The van der Waals surface area contributed by atoms with Crippen molar-refractivity contribution in [2.75, 3.05) is 43.4 Å². The van der Waals surface area contributed by atoms with Crippen molar-refractivity contribution in [3.8, 4) is 17.1 Å². The Morgan fingerprint density at radius 2 is 1.89 bits per heavy atom. The SMILES string of the molecule is CCc1c(F)ccc2cc(N)cc(-c3ccc4c(N5CCC[C@@](C)(O)C5)nc(OC[C@@]56CCCN5C[C@H](F)C6)nc4c3F)c12. The van der Waals surface area contributed by atoms with E-state index in [1.165, 1.54) is 6.07 Å². The highest BCUT2D eigenvalue weighted by molar-refractivity contribution is 6.03. The standard InChI is InChI=1S/C34H38F3N5O2/c1-3-23-27(36)9-6-20-14-22(38)15-26(28(20)23)24-7-8-25-30(29(24)37)39-32(40-31(25)41-12-4-10-33(2,43)18-41)44-19-34-11-5-13-42(34)17-21(35)16-34/h6-9,14-15,21,43H,3-5,10-13,16-19,38H2,1-2H3/t21-,33-,34+/m1/s1. The second kappa shape index (κ2) is 10.8. The number of aryl methyl sites for hydroxylation is 1.